The normalized spacial score (nSPS) is 12.1. The van der Waals surface area contributed by atoms with E-state index in [1.807, 2.05) is 50.9 Å². The second-order valence-corrected chi connectivity index (χ2v) is 4.91. The molecule has 0 fully saturated rings. The first-order valence-corrected chi connectivity index (χ1v) is 5.48. The van der Waals surface area contributed by atoms with Crippen molar-refractivity contribution in [2.24, 2.45) is 0 Å². The number of phenols is 1. The van der Waals surface area contributed by atoms with Gasteiger partial charge in [0.25, 0.3) is 0 Å². The number of aryl methyl sites for hydroxylation is 1. The van der Waals surface area contributed by atoms with Crippen molar-refractivity contribution in [2.45, 2.75) is 32.9 Å². The zero-order valence-corrected chi connectivity index (χ0v) is 10.5. The highest BCUT2D eigenvalue weighted by molar-refractivity contribution is 5.39. The Kier molecular flexibility index (Phi) is 3.94. The van der Waals surface area contributed by atoms with Crippen molar-refractivity contribution >= 4 is 0 Å². The van der Waals surface area contributed by atoms with E-state index < -0.39 is 0 Å². The molecule has 0 aliphatic rings. The summed E-state index contributed by atoms with van der Waals surface area (Å²) >= 11 is 0. The third-order valence-corrected chi connectivity index (χ3v) is 3.15. The molecule has 1 aromatic carbocycles. The summed E-state index contributed by atoms with van der Waals surface area (Å²) in [6.07, 6.45) is 0. The Bertz CT molecular complexity index is 361. The van der Waals surface area contributed by atoms with Crippen LogP contribution in [0.25, 0.3) is 0 Å². The van der Waals surface area contributed by atoms with Gasteiger partial charge in [0.2, 0.25) is 0 Å². The number of nitrogens with zero attached hydrogens (tertiary/aromatic N) is 1. The number of benzene rings is 1. The highest BCUT2D eigenvalue weighted by atomic mass is 16.3. The predicted molar refractivity (Wildman–Crippen MR) is 65.5 cm³/mol. The zero-order valence-electron chi connectivity index (χ0n) is 10.5. The second kappa shape index (κ2) is 4.85. The molecule has 0 aromatic heterocycles. The Morgan fingerprint density at radius 1 is 1.31 bits per heavy atom. The van der Waals surface area contributed by atoms with Gasteiger partial charge in [0.05, 0.1) is 6.61 Å². The number of hydrogen-bond acceptors (Lipinski definition) is 3. The maximum absolute atomic E-state index is 9.90. The molecule has 0 heterocycles. The molecule has 0 saturated carbocycles. The average molecular weight is 223 g/mol. The third-order valence-electron chi connectivity index (χ3n) is 3.15. The van der Waals surface area contributed by atoms with Crippen LogP contribution in [-0.4, -0.2) is 34.3 Å². The molecule has 3 heteroatoms. The quantitative estimate of drug-likeness (QED) is 0.819. The molecule has 16 heavy (non-hydrogen) atoms. The molecule has 3 nitrogen and oxygen atoms in total. The van der Waals surface area contributed by atoms with E-state index in [1.54, 1.807) is 0 Å². The Labute approximate surface area is 97.3 Å². The second-order valence-electron chi connectivity index (χ2n) is 4.91. The van der Waals surface area contributed by atoms with Crippen LogP contribution in [-0.2, 0) is 6.54 Å². The van der Waals surface area contributed by atoms with E-state index in [1.165, 1.54) is 0 Å². The van der Waals surface area contributed by atoms with Crippen LogP contribution in [0.5, 0.6) is 5.75 Å². The first-order valence-electron chi connectivity index (χ1n) is 5.48. The van der Waals surface area contributed by atoms with Gasteiger partial charge in [-0.15, -0.1) is 0 Å². The molecule has 0 amide bonds. The van der Waals surface area contributed by atoms with Crippen LogP contribution in [0.2, 0.25) is 0 Å². The molecule has 0 unspecified atom stereocenters. The molecule has 0 radical (unpaired) electrons. The van der Waals surface area contributed by atoms with Gasteiger partial charge < -0.3 is 10.2 Å². The molecule has 0 spiro atoms. The van der Waals surface area contributed by atoms with E-state index >= 15 is 0 Å². The lowest BCUT2D eigenvalue weighted by Gasteiger charge is -2.34. The highest BCUT2D eigenvalue weighted by Crippen LogP contribution is 2.24. The number of aromatic hydroxyl groups is 1. The van der Waals surface area contributed by atoms with Gasteiger partial charge in [0.1, 0.15) is 5.75 Å². The van der Waals surface area contributed by atoms with Crippen molar-refractivity contribution < 1.29 is 10.2 Å². The van der Waals surface area contributed by atoms with Crippen LogP contribution >= 0.6 is 0 Å². The largest absolute Gasteiger partial charge is 0.507 e. The molecule has 90 valence electrons. The Hall–Kier alpha value is -1.06. The van der Waals surface area contributed by atoms with Crippen molar-refractivity contribution in [3.8, 4) is 5.75 Å². The van der Waals surface area contributed by atoms with Gasteiger partial charge in [-0.05, 0) is 33.4 Å². The molecular formula is C13H21NO2. The summed E-state index contributed by atoms with van der Waals surface area (Å²) in [5.41, 5.74) is 1.49. The molecule has 0 bridgehead atoms. The molecule has 0 aliphatic carbocycles. The van der Waals surface area contributed by atoms with Gasteiger partial charge in [-0.2, -0.15) is 0 Å². The lowest BCUT2D eigenvalue weighted by atomic mass is 10.0. The van der Waals surface area contributed by atoms with Gasteiger partial charge in [-0.3, -0.25) is 4.90 Å². The molecule has 2 N–H and O–H groups in total. The first kappa shape index (κ1) is 13.0. The maximum atomic E-state index is 9.90. The van der Waals surface area contributed by atoms with Crippen molar-refractivity contribution in [1.82, 2.24) is 4.90 Å². The number of para-hydroxylation sites is 1. The minimum Gasteiger partial charge on any atom is -0.507 e. The monoisotopic (exact) mass is 223 g/mol. The van der Waals surface area contributed by atoms with E-state index in [0.717, 1.165) is 11.1 Å². The summed E-state index contributed by atoms with van der Waals surface area (Å²) in [5, 5.41) is 19.2. The van der Waals surface area contributed by atoms with E-state index in [4.69, 9.17) is 0 Å². The van der Waals surface area contributed by atoms with Crippen molar-refractivity contribution in [3.05, 3.63) is 29.3 Å². The first-order chi connectivity index (χ1) is 7.38. The van der Waals surface area contributed by atoms with Gasteiger partial charge in [-0.25, -0.2) is 0 Å². The van der Waals surface area contributed by atoms with E-state index in [-0.39, 0.29) is 12.1 Å². The zero-order chi connectivity index (χ0) is 12.3. The van der Waals surface area contributed by atoms with Crippen LogP contribution in [0.4, 0.5) is 0 Å². The molecule has 0 saturated heterocycles. The fourth-order valence-electron chi connectivity index (χ4n) is 1.44. The molecular weight excluding hydrogens is 202 g/mol. The molecule has 0 atom stereocenters. The van der Waals surface area contributed by atoms with Gasteiger partial charge in [0.15, 0.2) is 0 Å². The fraction of sp³-hybridized carbons (Fsp3) is 0.538. The summed E-state index contributed by atoms with van der Waals surface area (Å²) in [6.45, 7) is 6.55. The predicted octanol–water partition coefficient (Wildman–Crippen LogP) is 1.90. The van der Waals surface area contributed by atoms with Crippen LogP contribution in [0, 0.1) is 6.92 Å². The topological polar surface area (TPSA) is 43.7 Å². The average Bonchev–Trinajstić information content (AvgIpc) is 2.24. The minimum atomic E-state index is -0.282. The van der Waals surface area contributed by atoms with Crippen molar-refractivity contribution in [3.63, 3.8) is 0 Å². The standard InChI is InChI=1S/C13H21NO2/c1-10-6-5-7-11(12(10)16)8-14(4)13(2,3)9-15/h5-7,15-16H,8-9H2,1-4H3. The highest BCUT2D eigenvalue weighted by Gasteiger charge is 2.23. The Morgan fingerprint density at radius 3 is 2.50 bits per heavy atom. The Morgan fingerprint density at radius 2 is 1.94 bits per heavy atom. The Balaban J connectivity index is 2.85. The minimum absolute atomic E-state index is 0.0933. The number of hydrogen-bond donors (Lipinski definition) is 2. The van der Waals surface area contributed by atoms with Gasteiger partial charge in [-0.1, -0.05) is 18.2 Å². The SMILES string of the molecule is Cc1cccc(CN(C)C(C)(C)CO)c1O. The lowest BCUT2D eigenvalue weighted by molar-refractivity contribution is 0.0728. The van der Waals surface area contributed by atoms with Crippen LogP contribution in [0.15, 0.2) is 18.2 Å². The molecule has 0 aliphatic heterocycles. The molecule has 1 rings (SSSR count). The van der Waals surface area contributed by atoms with Gasteiger partial charge in [0, 0.05) is 17.6 Å². The summed E-state index contributed by atoms with van der Waals surface area (Å²) in [6, 6.07) is 5.73. The number of phenolic OH excluding ortho intramolecular Hbond substituents is 1. The smallest absolute Gasteiger partial charge is 0.122 e. The van der Waals surface area contributed by atoms with E-state index in [9.17, 15) is 10.2 Å². The molecule has 1 aromatic rings. The summed E-state index contributed by atoms with van der Waals surface area (Å²) in [7, 11) is 1.94. The number of aliphatic hydroxyl groups excluding tert-OH is 1. The van der Waals surface area contributed by atoms with Crippen LogP contribution in [0.3, 0.4) is 0 Å². The summed E-state index contributed by atoms with van der Waals surface area (Å²) in [5.74, 6) is 0.350. The van der Waals surface area contributed by atoms with Crippen molar-refractivity contribution in [2.75, 3.05) is 13.7 Å². The third kappa shape index (κ3) is 2.74. The van der Waals surface area contributed by atoms with E-state index in [2.05, 4.69) is 0 Å². The van der Waals surface area contributed by atoms with Crippen molar-refractivity contribution in [1.29, 1.82) is 0 Å². The maximum Gasteiger partial charge on any atom is 0.122 e. The number of aliphatic hydroxyl groups is 1. The summed E-state index contributed by atoms with van der Waals surface area (Å²) < 4.78 is 0. The van der Waals surface area contributed by atoms with E-state index in [0.29, 0.717) is 12.3 Å². The number of rotatable bonds is 4. The lowest BCUT2D eigenvalue weighted by Crippen LogP contribution is -2.43. The number of likely N-dealkylation sites (N-methyl/N-ethyl adjacent to an activating group) is 1. The fourth-order valence-corrected chi connectivity index (χ4v) is 1.44. The van der Waals surface area contributed by atoms with Gasteiger partial charge >= 0.3 is 0 Å². The van der Waals surface area contributed by atoms with Crippen LogP contribution < -0.4 is 0 Å². The van der Waals surface area contributed by atoms with Crippen LogP contribution in [0.1, 0.15) is 25.0 Å². The summed E-state index contributed by atoms with van der Waals surface area (Å²) in [4.78, 5) is 2.03.